The lowest BCUT2D eigenvalue weighted by Gasteiger charge is -2.22. The monoisotopic (exact) mass is 223 g/mol. The molecule has 2 unspecified atom stereocenters. The SMILES string of the molecule is CC(=O)CCC(=O)N1CC2CCCCC2C1. The van der Waals surface area contributed by atoms with Crippen molar-refractivity contribution in [3.05, 3.63) is 0 Å². The first-order valence-electron chi connectivity index (χ1n) is 6.44. The minimum absolute atomic E-state index is 0.116. The Morgan fingerprint density at radius 1 is 1.06 bits per heavy atom. The summed E-state index contributed by atoms with van der Waals surface area (Å²) in [6.45, 7) is 3.44. The van der Waals surface area contributed by atoms with Crippen LogP contribution in [0.15, 0.2) is 0 Å². The van der Waals surface area contributed by atoms with Gasteiger partial charge in [0.15, 0.2) is 0 Å². The van der Waals surface area contributed by atoms with Gasteiger partial charge in [-0.2, -0.15) is 0 Å². The molecule has 0 aromatic carbocycles. The smallest absolute Gasteiger partial charge is 0.223 e. The van der Waals surface area contributed by atoms with Crippen molar-refractivity contribution in [3.8, 4) is 0 Å². The zero-order valence-corrected chi connectivity index (χ0v) is 10.1. The van der Waals surface area contributed by atoms with Crippen LogP contribution in [0.1, 0.15) is 45.4 Å². The minimum atomic E-state index is 0.116. The van der Waals surface area contributed by atoms with Gasteiger partial charge in [0, 0.05) is 25.9 Å². The van der Waals surface area contributed by atoms with Gasteiger partial charge in [0.2, 0.25) is 5.91 Å². The number of carbonyl (C=O) groups excluding carboxylic acids is 2. The number of carbonyl (C=O) groups is 2. The van der Waals surface area contributed by atoms with Gasteiger partial charge in [-0.05, 0) is 31.6 Å². The molecule has 0 bridgehead atoms. The highest BCUT2D eigenvalue weighted by Gasteiger charge is 2.35. The number of ketones is 1. The molecule has 2 fully saturated rings. The van der Waals surface area contributed by atoms with E-state index in [-0.39, 0.29) is 11.7 Å². The van der Waals surface area contributed by atoms with Crippen LogP contribution in [0, 0.1) is 11.8 Å². The van der Waals surface area contributed by atoms with E-state index < -0.39 is 0 Å². The molecule has 1 heterocycles. The summed E-state index contributed by atoms with van der Waals surface area (Å²) in [5.74, 6) is 1.79. The average molecular weight is 223 g/mol. The van der Waals surface area contributed by atoms with E-state index in [0.717, 1.165) is 24.9 Å². The first-order valence-corrected chi connectivity index (χ1v) is 6.44. The standard InChI is InChI=1S/C13H21NO2/c1-10(15)6-7-13(16)14-8-11-4-2-3-5-12(11)9-14/h11-12H,2-9H2,1H3. The summed E-state index contributed by atoms with van der Waals surface area (Å²) in [6.07, 6.45) is 6.06. The summed E-state index contributed by atoms with van der Waals surface area (Å²) >= 11 is 0. The third kappa shape index (κ3) is 2.63. The van der Waals surface area contributed by atoms with Crippen LogP contribution in [0.5, 0.6) is 0 Å². The Balaban J connectivity index is 1.82. The number of likely N-dealkylation sites (tertiary alicyclic amines) is 1. The van der Waals surface area contributed by atoms with Gasteiger partial charge in [0.05, 0.1) is 0 Å². The fourth-order valence-electron chi connectivity index (χ4n) is 3.05. The Morgan fingerprint density at radius 2 is 1.62 bits per heavy atom. The van der Waals surface area contributed by atoms with Crippen molar-refractivity contribution in [1.29, 1.82) is 0 Å². The molecular weight excluding hydrogens is 202 g/mol. The first-order chi connectivity index (χ1) is 7.66. The summed E-state index contributed by atoms with van der Waals surface area (Å²) in [7, 11) is 0. The molecule has 16 heavy (non-hydrogen) atoms. The third-order valence-corrected chi connectivity index (χ3v) is 4.02. The number of hydrogen-bond donors (Lipinski definition) is 0. The second kappa shape index (κ2) is 4.98. The molecule has 1 saturated carbocycles. The highest BCUT2D eigenvalue weighted by atomic mass is 16.2. The van der Waals surface area contributed by atoms with Crippen LogP contribution in [0.3, 0.4) is 0 Å². The van der Waals surface area contributed by atoms with Gasteiger partial charge in [-0.15, -0.1) is 0 Å². The molecule has 0 N–H and O–H groups in total. The number of Topliss-reactive ketones (excluding diaryl/α,β-unsaturated/α-hetero) is 1. The summed E-state index contributed by atoms with van der Waals surface area (Å²) < 4.78 is 0. The molecule has 3 heteroatoms. The Morgan fingerprint density at radius 3 is 2.12 bits per heavy atom. The second-order valence-corrected chi connectivity index (χ2v) is 5.31. The maximum atomic E-state index is 11.9. The van der Waals surface area contributed by atoms with Crippen molar-refractivity contribution in [2.24, 2.45) is 11.8 Å². The van der Waals surface area contributed by atoms with E-state index in [2.05, 4.69) is 0 Å². The normalized spacial score (nSPS) is 28.9. The molecule has 0 aromatic rings. The molecule has 2 atom stereocenters. The molecule has 0 aromatic heterocycles. The van der Waals surface area contributed by atoms with Gasteiger partial charge in [-0.3, -0.25) is 4.79 Å². The topological polar surface area (TPSA) is 37.4 Å². The lowest BCUT2D eigenvalue weighted by molar-refractivity contribution is -0.132. The molecule has 1 aliphatic carbocycles. The third-order valence-electron chi connectivity index (χ3n) is 4.02. The van der Waals surface area contributed by atoms with Crippen LogP contribution in [0.4, 0.5) is 0 Å². The van der Waals surface area contributed by atoms with E-state index in [4.69, 9.17) is 0 Å². The van der Waals surface area contributed by atoms with Crippen molar-refractivity contribution in [2.75, 3.05) is 13.1 Å². The summed E-state index contributed by atoms with van der Waals surface area (Å²) in [6, 6.07) is 0. The minimum Gasteiger partial charge on any atom is -0.342 e. The lowest BCUT2D eigenvalue weighted by Crippen LogP contribution is -2.29. The number of nitrogens with zero attached hydrogens (tertiary/aromatic N) is 1. The second-order valence-electron chi connectivity index (χ2n) is 5.31. The predicted octanol–water partition coefficient (Wildman–Crippen LogP) is 2.00. The van der Waals surface area contributed by atoms with E-state index in [1.54, 1.807) is 6.92 Å². The van der Waals surface area contributed by atoms with Gasteiger partial charge in [-0.1, -0.05) is 12.8 Å². The van der Waals surface area contributed by atoms with Crippen LogP contribution in [0.2, 0.25) is 0 Å². The molecule has 1 saturated heterocycles. The van der Waals surface area contributed by atoms with E-state index in [1.807, 2.05) is 4.90 Å². The van der Waals surface area contributed by atoms with Crippen molar-refractivity contribution in [2.45, 2.75) is 45.4 Å². The largest absolute Gasteiger partial charge is 0.342 e. The van der Waals surface area contributed by atoms with Gasteiger partial charge < -0.3 is 9.69 Å². The number of rotatable bonds is 3. The van der Waals surface area contributed by atoms with E-state index in [1.165, 1.54) is 25.7 Å². The molecule has 0 radical (unpaired) electrons. The Hall–Kier alpha value is -0.860. The maximum Gasteiger partial charge on any atom is 0.223 e. The van der Waals surface area contributed by atoms with E-state index in [9.17, 15) is 9.59 Å². The Bertz CT molecular complexity index is 274. The Labute approximate surface area is 97.2 Å². The van der Waals surface area contributed by atoms with Crippen LogP contribution in [0.25, 0.3) is 0 Å². The summed E-state index contributed by atoms with van der Waals surface area (Å²) in [5.41, 5.74) is 0. The molecule has 0 spiro atoms. The number of amides is 1. The van der Waals surface area contributed by atoms with Crippen LogP contribution in [-0.2, 0) is 9.59 Å². The zero-order valence-electron chi connectivity index (χ0n) is 10.1. The van der Waals surface area contributed by atoms with Gasteiger partial charge in [0.1, 0.15) is 5.78 Å². The number of fused-ring (bicyclic) bond motifs is 1. The average Bonchev–Trinajstić information content (AvgIpc) is 2.69. The van der Waals surface area contributed by atoms with Crippen molar-refractivity contribution < 1.29 is 9.59 Å². The van der Waals surface area contributed by atoms with Crippen LogP contribution < -0.4 is 0 Å². The molecule has 90 valence electrons. The highest BCUT2D eigenvalue weighted by molar-refractivity contribution is 5.83. The molecule has 1 amide bonds. The van der Waals surface area contributed by atoms with Gasteiger partial charge in [0.25, 0.3) is 0 Å². The molecule has 3 nitrogen and oxygen atoms in total. The van der Waals surface area contributed by atoms with E-state index in [0.29, 0.717) is 12.8 Å². The highest BCUT2D eigenvalue weighted by Crippen LogP contribution is 2.36. The number of hydrogen-bond acceptors (Lipinski definition) is 2. The molecule has 2 aliphatic rings. The first kappa shape index (κ1) is 11.6. The van der Waals surface area contributed by atoms with Crippen LogP contribution >= 0.6 is 0 Å². The van der Waals surface area contributed by atoms with Gasteiger partial charge in [-0.25, -0.2) is 0 Å². The van der Waals surface area contributed by atoms with Crippen molar-refractivity contribution >= 4 is 11.7 Å². The predicted molar refractivity (Wildman–Crippen MR) is 61.9 cm³/mol. The summed E-state index contributed by atoms with van der Waals surface area (Å²) in [5, 5.41) is 0. The lowest BCUT2D eigenvalue weighted by atomic mass is 9.82. The fraction of sp³-hybridized carbons (Fsp3) is 0.846. The fourth-order valence-corrected chi connectivity index (χ4v) is 3.05. The summed E-state index contributed by atoms with van der Waals surface area (Å²) in [4.78, 5) is 24.7. The molecular formula is C13H21NO2. The Kier molecular flexibility index (Phi) is 3.62. The molecule has 1 aliphatic heterocycles. The van der Waals surface area contributed by atoms with Gasteiger partial charge >= 0.3 is 0 Å². The quantitative estimate of drug-likeness (QED) is 0.734. The van der Waals surface area contributed by atoms with Crippen LogP contribution in [-0.4, -0.2) is 29.7 Å². The zero-order chi connectivity index (χ0) is 11.5. The van der Waals surface area contributed by atoms with Crippen molar-refractivity contribution in [1.82, 2.24) is 4.90 Å². The van der Waals surface area contributed by atoms with Crippen molar-refractivity contribution in [3.63, 3.8) is 0 Å². The maximum absolute atomic E-state index is 11.9. The molecule has 2 rings (SSSR count). The van der Waals surface area contributed by atoms with E-state index >= 15 is 0 Å².